The molecule has 0 unspecified atom stereocenters. The van der Waals surface area contributed by atoms with Gasteiger partial charge in [-0.3, -0.25) is 10.1 Å². The first-order valence-electron chi connectivity index (χ1n) is 7.34. The molecule has 0 spiro atoms. The molecule has 0 heterocycles. The second-order valence-electron chi connectivity index (χ2n) is 5.46. The van der Waals surface area contributed by atoms with E-state index >= 15 is 0 Å². The molecule has 0 saturated heterocycles. The van der Waals surface area contributed by atoms with Crippen LogP contribution in [-0.2, 0) is 6.42 Å². The number of nitro benzene ring substituents is 1. The van der Waals surface area contributed by atoms with E-state index in [0.717, 1.165) is 11.1 Å². The summed E-state index contributed by atoms with van der Waals surface area (Å²) in [5.74, 6) is -0.236. The number of benzene rings is 3. The first-order valence-corrected chi connectivity index (χ1v) is 7.34. The summed E-state index contributed by atoms with van der Waals surface area (Å²) in [7, 11) is 0. The Labute approximate surface area is 138 Å². The van der Waals surface area contributed by atoms with Crippen molar-refractivity contribution in [2.75, 3.05) is 0 Å². The Hall–Kier alpha value is -3.21. The first kappa shape index (κ1) is 15.7. The molecule has 0 fully saturated rings. The van der Waals surface area contributed by atoms with E-state index in [1.165, 1.54) is 24.3 Å². The van der Waals surface area contributed by atoms with Crippen molar-refractivity contribution >= 4 is 5.69 Å². The molecule has 0 atom stereocenters. The predicted octanol–water partition coefficient (Wildman–Crippen LogP) is 4.70. The fourth-order valence-electron chi connectivity index (χ4n) is 2.55. The van der Waals surface area contributed by atoms with E-state index in [1.807, 2.05) is 0 Å². The smallest absolute Gasteiger partial charge is 0.270 e. The second-order valence-corrected chi connectivity index (χ2v) is 5.46. The maximum Gasteiger partial charge on any atom is 0.270 e. The number of hydrogen-bond donors (Lipinski definition) is 1. The van der Waals surface area contributed by atoms with Crippen molar-refractivity contribution in [1.82, 2.24) is 0 Å². The van der Waals surface area contributed by atoms with Crippen LogP contribution in [0.25, 0.3) is 11.1 Å². The zero-order chi connectivity index (χ0) is 17.1. The zero-order valence-corrected chi connectivity index (χ0v) is 12.6. The fourth-order valence-corrected chi connectivity index (χ4v) is 2.55. The van der Waals surface area contributed by atoms with Crippen LogP contribution in [-0.4, -0.2) is 10.0 Å². The lowest BCUT2D eigenvalue weighted by Crippen LogP contribution is -1.91. The van der Waals surface area contributed by atoms with Gasteiger partial charge in [0.25, 0.3) is 5.69 Å². The molecule has 0 saturated carbocycles. The molecule has 0 aliphatic heterocycles. The number of phenols is 1. The maximum atomic E-state index is 13.0. The van der Waals surface area contributed by atoms with Crippen molar-refractivity contribution in [2.24, 2.45) is 0 Å². The maximum absolute atomic E-state index is 13.0. The van der Waals surface area contributed by atoms with Gasteiger partial charge in [-0.05, 0) is 47.4 Å². The number of rotatable bonds is 4. The lowest BCUT2D eigenvalue weighted by atomic mass is 9.98. The summed E-state index contributed by atoms with van der Waals surface area (Å²) in [6.45, 7) is 0. The third-order valence-corrected chi connectivity index (χ3v) is 3.75. The highest BCUT2D eigenvalue weighted by atomic mass is 19.1. The van der Waals surface area contributed by atoms with Gasteiger partial charge in [0.1, 0.15) is 11.6 Å². The van der Waals surface area contributed by atoms with Crippen LogP contribution < -0.4 is 0 Å². The minimum absolute atomic E-state index is 0.0316. The molecular weight excluding hydrogens is 309 g/mol. The monoisotopic (exact) mass is 323 g/mol. The molecule has 5 heteroatoms. The molecular formula is C19H14FNO3. The van der Waals surface area contributed by atoms with Gasteiger partial charge in [0, 0.05) is 17.7 Å². The summed E-state index contributed by atoms with van der Waals surface area (Å²) in [6.07, 6.45) is 0.572. The van der Waals surface area contributed by atoms with Crippen molar-refractivity contribution in [2.45, 2.75) is 6.42 Å². The number of hydrogen-bond acceptors (Lipinski definition) is 3. The van der Waals surface area contributed by atoms with Crippen LogP contribution in [0.15, 0.2) is 66.7 Å². The topological polar surface area (TPSA) is 63.4 Å². The van der Waals surface area contributed by atoms with Crippen molar-refractivity contribution in [1.29, 1.82) is 0 Å². The number of nitrogens with zero attached hydrogens (tertiary/aromatic N) is 1. The second kappa shape index (κ2) is 6.50. The zero-order valence-electron chi connectivity index (χ0n) is 12.6. The van der Waals surface area contributed by atoms with Gasteiger partial charge >= 0.3 is 0 Å². The van der Waals surface area contributed by atoms with E-state index in [1.54, 1.807) is 42.5 Å². The van der Waals surface area contributed by atoms with E-state index in [4.69, 9.17) is 0 Å². The lowest BCUT2D eigenvalue weighted by Gasteiger charge is -2.09. The highest BCUT2D eigenvalue weighted by molar-refractivity contribution is 5.72. The Morgan fingerprint density at radius 2 is 1.67 bits per heavy atom. The van der Waals surface area contributed by atoms with Crippen LogP contribution in [0.3, 0.4) is 0 Å². The largest absolute Gasteiger partial charge is 0.507 e. The summed E-state index contributed by atoms with van der Waals surface area (Å²) in [6, 6.07) is 17.5. The average Bonchev–Trinajstić information content (AvgIpc) is 2.58. The van der Waals surface area contributed by atoms with Crippen molar-refractivity contribution in [3.05, 3.63) is 93.8 Å². The van der Waals surface area contributed by atoms with Crippen molar-refractivity contribution in [3.63, 3.8) is 0 Å². The number of phenolic OH excluding ortho intramolecular Hbond substituents is 1. The predicted molar refractivity (Wildman–Crippen MR) is 89.4 cm³/mol. The normalized spacial score (nSPS) is 10.5. The van der Waals surface area contributed by atoms with E-state index in [2.05, 4.69) is 0 Å². The van der Waals surface area contributed by atoms with E-state index in [-0.39, 0.29) is 17.3 Å². The molecule has 3 rings (SSSR count). The Morgan fingerprint density at radius 1 is 0.958 bits per heavy atom. The quantitative estimate of drug-likeness (QED) is 0.559. The molecule has 0 amide bonds. The molecule has 24 heavy (non-hydrogen) atoms. The lowest BCUT2D eigenvalue weighted by molar-refractivity contribution is -0.384. The molecule has 3 aromatic carbocycles. The van der Waals surface area contributed by atoms with Crippen LogP contribution in [0.2, 0.25) is 0 Å². The van der Waals surface area contributed by atoms with Crippen LogP contribution in [0, 0.1) is 15.9 Å². The van der Waals surface area contributed by atoms with Gasteiger partial charge in [-0.15, -0.1) is 0 Å². The molecule has 3 aromatic rings. The summed E-state index contributed by atoms with van der Waals surface area (Å²) >= 11 is 0. The minimum atomic E-state index is -0.469. The standard InChI is InChI=1S/C19H14FNO3/c20-16-7-4-13(5-8-16)10-14-6-9-19(22)18(11-14)15-2-1-3-17(12-15)21(23)24/h1-9,11-12,22H,10H2. The number of halogens is 1. The molecule has 4 nitrogen and oxygen atoms in total. The first-order chi connectivity index (χ1) is 11.5. The molecule has 0 aliphatic rings. The SMILES string of the molecule is O=[N+]([O-])c1cccc(-c2cc(Cc3ccc(F)cc3)ccc2O)c1. The molecule has 1 N–H and O–H groups in total. The number of non-ortho nitro benzene ring substituents is 1. The summed E-state index contributed by atoms with van der Waals surface area (Å²) in [5.41, 5.74) is 2.92. The average molecular weight is 323 g/mol. The Balaban J connectivity index is 1.95. The molecule has 0 radical (unpaired) electrons. The van der Waals surface area contributed by atoms with Gasteiger partial charge in [-0.25, -0.2) is 4.39 Å². The van der Waals surface area contributed by atoms with E-state index in [9.17, 15) is 19.6 Å². The molecule has 0 bridgehead atoms. The van der Waals surface area contributed by atoms with Gasteiger partial charge in [-0.1, -0.05) is 30.3 Å². The fraction of sp³-hybridized carbons (Fsp3) is 0.0526. The summed E-state index contributed by atoms with van der Waals surface area (Å²) in [4.78, 5) is 10.4. The van der Waals surface area contributed by atoms with Crippen LogP contribution >= 0.6 is 0 Å². The molecule has 0 aromatic heterocycles. The van der Waals surface area contributed by atoms with E-state index < -0.39 is 4.92 Å². The van der Waals surface area contributed by atoms with Gasteiger partial charge in [-0.2, -0.15) is 0 Å². The Kier molecular flexibility index (Phi) is 4.24. The third-order valence-electron chi connectivity index (χ3n) is 3.75. The van der Waals surface area contributed by atoms with Crippen LogP contribution in [0.4, 0.5) is 10.1 Å². The Morgan fingerprint density at radius 3 is 2.38 bits per heavy atom. The summed E-state index contributed by atoms with van der Waals surface area (Å²) in [5, 5.41) is 21.0. The van der Waals surface area contributed by atoms with Crippen molar-refractivity contribution < 1.29 is 14.4 Å². The van der Waals surface area contributed by atoms with Crippen LogP contribution in [0.1, 0.15) is 11.1 Å². The number of nitro groups is 1. The highest BCUT2D eigenvalue weighted by Gasteiger charge is 2.11. The van der Waals surface area contributed by atoms with Crippen LogP contribution in [0.5, 0.6) is 5.75 Å². The molecule has 120 valence electrons. The van der Waals surface area contributed by atoms with E-state index in [0.29, 0.717) is 17.5 Å². The van der Waals surface area contributed by atoms with Gasteiger partial charge < -0.3 is 5.11 Å². The molecule has 0 aliphatic carbocycles. The third kappa shape index (κ3) is 3.41. The Bertz CT molecular complexity index is 891. The highest BCUT2D eigenvalue weighted by Crippen LogP contribution is 2.32. The van der Waals surface area contributed by atoms with Gasteiger partial charge in [0.2, 0.25) is 0 Å². The number of aromatic hydroxyl groups is 1. The minimum Gasteiger partial charge on any atom is -0.507 e. The van der Waals surface area contributed by atoms with Gasteiger partial charge in [0.05, 0.1) is 4.92 Å². The van der Waals surface area contributed by atoms with Gasteiger partial charge in [0.15, 0.2) is 0 Å². The van der Waals surface area contributed by atoms with Crippen molar-refractivity contribution in [3.8, 4) is 16.9 Å². The summed E-state index contributed by atoms with van der Waals surface area (Å²) < 4.78 is 13.0.